The molecular formula is C31H64N4O2. The highest BCUT2D eigenvalue weighted by Gasteiger charge is 2.33. The monoisotopic (exact) mass is 525 g/mol. The minimum atomic E-state index is -0.0358. The van der Waals surface area contributed by atoms with Gasteiger partial charge in [-0.25, -0.2) is 0 Å². The number of hydrogen-bond acceptors (Lipinski definition) is 6. The van der Waals surface area contributed by atoms with Crippen LogP contribution in [0.15, 0.2) is 0 Å². The molecule has 37 heavy (non-hydrogen) atoms. The number of likely N-dealkylation sites (tertiary alicyclic amines) is 1. The van der Waals surface area contributed by atoms with Gasteiger partial charge in [0.05, 0.1) is 18.8 Å². The lowest BCUT2D eigenvalue weighted by Gasteiger charge is -2.46. The standard InChI is InChI=1S/C31H64N4O2/c1-28(2,3)15-24-36-25-22-34-18-20-35(21-19-34)31(9,10)14-13-30(7,8)32-27-11-16-33(17-12-27)23-26-37-29(4,5)6/h27,32H,11-26H2,1-10H3. The summed E-state index contributed by atoms with van der Waals surface area (Å²) in [6.45, 7) is 34.7. The van der Waals surface area contributed by atoms with Crippen LogP contribution in [0.1, 0.15) is 101 Å². The van der Waals surface area contributed by atoms with Crippen LogP contribution in [0.5, 0.6) is 0 Å². The van der Waals surface area contributed by atoms with Gasteiger partial charge in [-0.15, -0.1) is 0 Å². The number of ether oxygens (including phenoxy) is 2. The van der Waals surface area contributed by atoms with Crippen LogP contribution in [0.2, 0.25) is 0 Å². The molecular weight excluding hydrogens is 460 g/mol. The molecule has 0 radical (unpaired) electrons. The van der Waals surface area contributed by atoms with Crippen molar-refractivity contribution >= 4 is 0 Å². The molecule has 1 N–H and O–H groups in total. The summed E-state index contributed by atoms with van der Waals surface area (Å²) in [5.41, 5.74) is 0.739. The highest BCUT2D eigenvalue weighted by molar-refractivity contribution is 4.91. The normalized spacial score (nSPS) is 20.6. The minimum Gasteiger partial charge on any atom is -0.380 e. The summed E-state index contributed by atoms with van der Waals surface area (Å²) >= 11 is 0. The molecule has 2 saturated heterocycles. The molecule has 2 aliphatic heterocycles. The third-order valence-corrected chi connectivity index (χ3v) is 8.26. The Balaban J connectivity index is 1.63. The number of rotatable bonds is 14. The van der Waals surface area contributed by atoms with Gasteiger partial charge in [0, 0.05) is 63.0 Å². The van der Waals surface area contributed by atoms with Gasteiger partial charge < -0.3 is 19.7 Å². The summed E-state index contributed by atoms with van der Waals surface area (Å²) in [6.07, 6.45) is 6.05. The van der Waals surface area contributed by atoms with E-state index in [4.69, 9.17) is 9.47 Å². The molecule has 2 rings (SSSR count). The van der Waals surface area contributed by atoms with Crippen molar-refractivity contribution in [2.75, 3.05) is 72.2 Å². The Hall–Kier alpha value is -0.240. The molecule has 0 saturated carbocycles. The molecule has 2 aliphatic rings. The van der Waals surface area contributed by atoms with E-state index in [-0.39, 0.29) is 16.7 Å². The van der Waals surface area contributed by atoms with E-state index in [1.807, 2.05) is 0 Å². The fourth-order valence-electron chi connectivity index (χ4n) is 5.43. The van der Waals surface area contributed by atoms with Gasteiger partial charge in [0.25, 0.3) is 0 Å². The first-order valence-corrected chi connectivity index (χ1v) is 15.2. The van der Waals surface area contributed by atoms with Gasteiger partial charge in [-0.05, 0) is 99.1 Å². The third-order valence-electron chi connectivity index (χ3n) is 8.26. The third kappa shape index (κ3) is 14.1. The first kappa shape index (κ1) is 33.0. The first-order valence-electron chi connectivity index (χ1n) is 15.2. The molecule has 220 valence electrons. The van der Waals surface area contributed by atoms with Crippen molar-refractivity contribution < 1.29 is 9.47 Å². The molecule has 0 amide bonds. The Bertz CT molecular complexity index is 622. The van der Waals surface area contributed by atoms with E-state index in [1.54, 1.807) is 0 Å². The fourth-order valence-corrected chi connectivity index (χ4v) is 5.43. The van der Waals surface area contributed by atoms with E-state index in [1.165, 1.54) is 51.9 Å². The van der Waals surface area contributed by atoms with Gasteiger partial charge in [-0.3, -0.25) is 9.80 Å². The summed E-state index contributed by atoms with van der Waals surface area (Å²) in [4.78, 5) is 7.87. The van der Waals surface area contributed by atoms with E-state index in [0.717, 1.165) is 52.4 Å². The van der Waals surface area contributed by atoms with Crippen molar-refractivity contribution in [1.82, 2.24) is 20.0 Å². The van der Waals surface area contributed by atoms with Crippen LogP contribution >= 0.6 is 0 Å². The van der Waals surface area contributed by atoms with Crippen LogP contribution in [0.4, 0.5) is 0 Å². The van der Waals surface area contributed by atoms with Crippen LogP contribution in [0.25, 0.3) is 0 Å². The molecule has 0 bridgehead atoms. The number of nitrogens with zero attached hydrogens (tertiary/aromatic N) is 3. The molecule has 0 spiro atoms. The molecule has 2 fully saturated rings. The molecule has 2 heterocycles. The van der Waals surface area contributed by atoms with Crippen molar-refractivity contribution in [3.63, 3.8) is 0 Å². The summed E-state index contributed by atoms with van der Waals surface area (Å²) in [5.74, 6) is 0. The van der Waals surface area contributed by atoms with E-state index >= 15 is 0 Å². The van der Waals surface area contributed by atoms with Crippen molar-refractivity contribution in [2.45, 2.75) is 124 Å². The molecule has 0 aliphatic carbocycles. The molecule has 0 aromatic rings. The molecule has 6 nitrogen and oxygen atoms in total. The summed E-state index contributed by atoms with van der Waals surface area (Å²) in [7, 11) is 0. The van der Waals surface area contributed by atoms with Gasteiger partial charge in [-0.2, -0.15) is 0 Å². The number of piperidine rings is 1. The Labute approximate surface area is 231 Å². The Morgan fingerprint density at radius 3 is 1.78 bits per heavy atom. The first-order chi connectivity index (χ1) is 17.0. The predicted molar refractivity (Wildman–Crippen MR) is 159 cm³/mol. The highest BCUT2D eigenvalue weighted by Crippen LogP contribution is 2.27. The maximum absolute atomic E-state index is 5.93. The van der Waals surface area contributed by atoms with E-state index in [9.17, 15) is 0 Å². The van der Waals surface area contributed by atoms with Gasteiger partial charge >= 0.3 is 0 Å². The summed E-state index contributed by atoms with van der Waals surface area (Å²) in [6, 6.07) is 0.632. The Morgan fingerprint density at radius 2 is 1.22 bits per heavy atom. The SMILES string of the molecule is CC(C)(C)CCOCCN1CCN(C(C)(C)CCC(C)(C)NC2CCN(CCOC(C)(C)C)CC2)CC1. The maximum Gasteiger partial charge on any atom is 0.0600 e. The quantitative estimate of drug-likeness (QED) is 0.313. The van der Waals surface area contributed by atoms with Gasteiger partial charge in [0.2, 0.25) is 0 Å². The van der Waals surface area contributed by atoms with Crippen molar-refractivity contribution in [3.05, 3.63) is 0 Å². The second-order valence-electron chi connectivity index (χ2n) is 15.2. The average Bonchev–Trinajstić information content (AvgIpc) is 2.77. The van der Waals surface area contributed by atoms with Gasteiger partial charge in [0.15, 0.2) is 0 Å². The number of nitrogens with one attached hydrogen (secondary N) is 1. The fraction of sp³-hybridized carbons (Fsp3) is 1.00. The highest BCUT2D eigenvalue weighted by atomic mass is 16.5. The van der Waals surface area contributed by atoms with Crippen LogP contribution in [0.3, 0.4) is 0 Å². The van der Waals surface area contributed by atoms with Crippen molar-refractivity contribution in [1.29, 1.82) is 0 Å². The van der Waals surface area contributed by atoms with Crippen molar-refractivity contribution in [2.24, 2.45) is 5.41 Å². The Kier molecular flexibility index (Phi) is 12.8. The average molecular weight is 525 g/mol. The van der Waals surface area contributed by atoms with E-state index < -0.39 is 0 Å². The smallest absolute Gasteiger partial charge is 0.0600 e. The van der Waals surface area contributed by atoms with Crippen molar-refractivity contribution in [3.8, 4) is 0 Å². The summed E-state index contributed by atoms with van der Waals surface area (Å²) < 4.78 is 11.8. The Morgan fingerprint density at radius 1 is 0.649 bits per heavy atom. The second-order valence-corrected chi connectivity index (χ2v) is 15.2. The van der Waals surface area contributed by atoms with Crippen LogP contribution in [-0.2, 0) is 9.47 Å². The summed E-state index contributed by atoms with van der Waals surface area (Å²) in [5, 5.41) is 4.02. The van der Waals surface area contributed by atoms with Gasteiger partial charge in [-0.1, -0.05) is 20.8 Å². The molecule has 6 heteroatoms. The predicted octanol–water partition coefficient (Wildman–Crippen LogP) is 5.26. The minimum absolute atomic E-state index is 0.0358. The molecule has 0 atom stereocenters. The lowest BCUT2D eigenvalue weighted by Crippen LogP contribution is -2.56. The topological polar surface area (TPSA) is 40.2 Å². The lowest BCUT2D eigenvalue weighted by molar-refractivity contribution is -0.0159. The largest absolute Gasteiger partial charge is 0.380 e. The molecule has 0 aromatic heterocycles. The molecule has 0 aromatic carbocycles. The van der Waals surface area contributed by atoms with Crippen LogP contribution in [0, 0.1) is 5.41 Å². The molecule has 0 unspecified atom stereocenters. The van der Waals surface area contributed by atoms with Crippen LogP contribution in [-0.4, -0.2) is 110 Å². The lowest BCUT2D eigenvalue weighted by atomic mass is 9.86. The van der Waals surface area contributed by atoms with E-state index in [0.29, 0.717) is 11.5 Å². The maximum atomic E-state index is 5.93. The number of hydrogen-bond donors (Lipinski definition) is 1. The van der Waals surface area contributed by atoms with Crippen LogP contribution < -0.4 is 5.32 Å². The van der Waals surface area contributed by atoms with E-state index in [2.05, 4.69) is 89.3 Å². The zero-order valence-corrected chi connectivity index (χ0v) is 26.5. The zero-order valence-electron chi connectivity index (χ0n) is 26.5. The zero-order chi connectivity index (χ0) is 27.7. The van der Waals surface area contributed by atoms with Gasteiger partial charge in [0.1, 0.15) is 0 Å². The second kappa shape index (κ2) is 14.4. The number of piperazine rings is 1.